The summed E-state index contributed by atoms with van der Waals surface area (Å²) in [6.45, 7) is 5.02. The number of carbonyl (C=O) groups excluding carboxylic acids is 1. The second kappa shape index (κ2) is 10.5. The topological polar surface area (TPSA) is 84.2 Å². The number of halogens is 2. The van der Waals surface area contributed by atoms with Crippen molar-refractivity contribution in [2.24, 2.45) is 0 Å². The lowest BCUT2D eigenvalue weighted by Crippen LogP contribution is -2.30. The molecule has 5 rings (SSSR count). The molecule has 192 valence electrons. The van der Waals surface area contributed by atoms with E-state index < -0.39 is 5.91 Å². The molecule has 0 aliphatic heterocycles. The molecule has 0 fully saturated rings. The van der Waals surface area contributed by atoms with Gasteiger partial charge in [-0.15, -0.1) is 0 Å². The SMILES string of the molecule is Cc1[nH]c(CN(CCc2c[nH]c3cc(Cl)ccc23)C2CCc3cc(C=CC(=O)NO)ccc32)c(C)c1F. The largest absolute Gasteiger partial charge is 0.361 e. The highest BCUT2D eigenvalue weighted by Gasteiger charge is 2.29. The number of carbonyl (C=O) groups is 1. The van der Waals surface area contributed by atoms with Crippen molar-refractivity contribution in [3.05, 3.63) is 98.7 Å². The first-order valence-electron chi connectivity index (χ1n) is 12.4. The van der Waals surface area contributed by atoms with Crippen LogP contribution in [0.15, 0.2) is 48.7 Å². The maximum atomic E-state index is 14.5. The average Bonchev–Trinajstić information content (AvgIpc) is 3.57. The third-order valence-electron chi connectivity index (χ3n) is 7.40. The fourth-order valence-corrected chi connectivity index (χ4v) is 5.60. The number of aryl methyl sites for hydroxylation is 2. The van der Waals surface area contributed by atoms with Crippen LogP contribution >= 0.6 is 11.6 Å². The van der Waals surface area contributed by atoms with Gasteiger partial charge in [-0.05, 0) is 73.6 Å². The molecule has 0 radical (unpaired) electrons. The smallest absolute Gasteiger partial charge is 0.267 e. The van der Waals surface area contributed by atoms with Crippen molar-refractivity contribution in [1.82, 2.24) is 20.3 Å². The summed E-state index contributed by atoms with van der Waals surface area (Å²) in [5.41, 5.74) is 9.41. The predicted molar refractivity (Wildman–Crippen MR) is 144 cm³/mol. The summed E-state index contributed by atoms with van der Waals surface area (Å²) in [6.07, 6.45) is 7.77. The van der Waals surface area contributed by atoms with Gasteiger partial charge >= 0.3 is 0 Å². The van der Waals surface area contributed by atoms with Gasteiger partial charge in [0.1, 0.15) is 5.82 Å². The molecule has 37 heavy (non-hydrogen) atoms. The van der Waals surface area contributed by atoms with E-state index in [-0.39, 0.29) is 11.9 Å². The number of hydrogen-bond donors (Lipinski definition) is 4. The molecule has 0 saturated carbocycles. The Morgan fingerprint density at radius 1 is 1.27 bits per heavy atom. The van der Waals surface area contributed by atoms with Gasteiger partial charge in [-0.2, -0.15) is 0 Å². The number of hydrogen-bond acceptors (Lipinski definition) is 3. The van der Waals surface area contributed by atoms with Crippen LogP contribution in [0, 0.1) is 19.7 Å². The van der Waals surface area contributed by atoms with Gasteiger partial charge in [0.2, 0.25) is 0 Å². The Hall–Kier alpha value is -3.39. The average molecular weight is 521 g/mol. The van der Waals surface area contributed by atoms with Crippen LogP contribution in [0.1, 0.15) is 51.7 Å². The zero-order valence-electron chi connectivity index (χ0n) is 20.9. The molecule has 0 saturated heterocycles. The number of aromatic nitrogens is 2. The standard InChI is InChI=1S/C29H30ClFN4O2/c1-17-26(33-18(2)29(17)31)16-35(12-11-21-15-32-25-14-22(30)6-8-23(21)25)27-9-5-20-13-19(3-7-24(20)27)4-10-28(36)34-37/h3-4,6-8,10,13-15,27,32-33,37H,5,9,11-12,16H2,1-2H3,(H,34,36). The van der Waals surface area contributed by atoms with E-state index in [1.165, 1.54) is 22.8 Å². The van der Waals surface area contributed by atoms with Gasteiger partial charge in [0.15, 0.2) is 0 Å². The molecule has 1 unspecified atom stereocenters. The van der Waals surface area contributed by atoms with Gasteiger partial charge in [0.25, 0.3) is 5.91 Å². The van der Waals surface area contributed by atoms with Crippen molar-refractivity contribution in [2.75, 3.05) is 6.54 Å². The zero-order valence-corrected chi connectivity index (χ0v) is 21.6. The van der Waals surface area contributed by atoms with Crippen LogP contribution in [0.3, 0.4) is 0 Å². The van der Waals surface area contributed by atoms with Crippen molar-refractivity contribution in [3.8, 4) is 0 Å². The fraction of sp³-hybridized carbons (Fsp3) is 0.276. The summed E-state index contributed by atoms with van der Waals surface area (Å²) in [4.78, 5) is 20.4. The first-order chi connectivity index (χ1) is 17.8. The van der Waals surface area contributed by atoms with Gasteiger partial charge in [-0.25, -0.2) is 9.87 Å². The third-order valence-corrected chi connectivity index (χ3v) is 7.63. The molecule has 2 heterocycles. The first-order valence-corrected chi connectivity index (χ1v) is 12.8. The number of nitrogens with zero attached hydrogens (tertiary/aromatic N) is 1. The molecule has 8 heteroatoms. The van der Waals surface area contributed by atoms with Gasteiger partial charge in [0.05, 0.1) is 0 Å². The quantitative estimate of drug-likeness (QED) is 0.128. The van der Waals surface area contributed by atoms with Crippen LogP contribution in [-0.2, 0) is 24.2 Å². The molecule has 0 bridgehead atoms. The highest BCUT2D eigenvalue weighted by Crippen LogP contribution is 2.38. The van der Waals surface area contributed by atoms with Gasteiger partial charge in [-0.3, -0.25) is 14.9 Å². The van der Waals surface area contributed by atoms with E-state index in [0.29, 0.717) is 22.8 Å². The minimum atomic E-state index is -0.562. The van der Waals surface area contributed by atoms with Crippen LogP contribution in [-0.4, -0.2) is 32.5 Å². The lowest BCUT2D eigenvalue weighted by atomic mass is 10.0. The molecule has 1 amide bonds. The second-order valence-electron chi connectivity index (χ2n) is 9.71. The van der Waals surface area contributed by atoms with E-state index in [2.05, 4.69) is 33.1 Å². The Kier molecular flexibility index (Phi) is 7.20. The Balaban J connectivity index is 1.42. The van der Waals surface area contributed by atoms with Gasteiger partial charge < -0.3 is 9.97 Å². The lowest BCUT2D eigenvalue weighted by Gasteiger charge is -2.30. The number of amides is 1. The van der Waals surface area contributed by atoms with Crippen molar-refractivity contribution < 1.29 is 14.4 Å². The van der Waals surface area contributed by atoms with Crippen LogP contribution < -0.4 is 5.48 Å². The molecule has 0 spiro atoms. The molecule has 4 aromatic rings. The molecular weight excluding hydrogens is 491 g/mol. The second-order valence-corrected chi connectivity index (χ2v) is 10.2. The van der Waals surface area contributed by atoms with Crippen molar-refractivity contribution in [3.63, 3.8) is 0 Å². The van der Waals surface area contributed by atoms with E-state index in [1.807, 2.05) is 31.3 Å². The maximum absolute atomic E-state index is 14.5. The van der Waals surface area contributed by atoms with Crippen LogP contribution in [0.5, 0.6) is 0 Å². The summed E-state index contributed by atoms with van der Waals surface area (Å²) in [6, 6.07) is 12.3. The molecule has 6 nitrogen and oxygen atoms in total. The van der Waals surface area contributed by atoms with Crippen molar-refractivity contribution in [1.29, 1.82) is 0 Å². The highest BCUT2D eigenvalue weighted by atomic mass is 35.5. The van der Waals surface area contributed by atoms with E-state index in [0.717, 1.165) is 48.0 Å². The van der Waals surface area contributed by atoms with Crippen molar-refractivity contribution >= 4 is 34.5 Å². The zero-order chi connectivity index (χ0) is 26.1. The van der Waals surface area contributed by atoms with E-state index in [1.54, 1.807) is 18.5 Å². The minimum Gasteiger partial charge on any atom is -0.361 e. The number of benzene rings is 2. The van der Waals surface area contributed by atoms with Crippen molar-refractivity contribution in [2.45, 2.75) is 45.7 Å². The minimum absolute atomic E-state index is 0.168. The summed E-state index contributed by atoms with van der Waals surface area (Å²) in [5, 5.41) is 10.6. The van der Waals surface area contributed by atoms with Crippen LogP contribution in [0.2, 0.25) is 5.02 Å². The summed E-state index contributed by atoms with van der Waals surface area (Å²) < 4.78 is 14.5. The van der Waals surface area contributed by atoms with Crippen LogP contribution in [0.25, 0.3) is 17.0 Å². The molecular formula is C29H30ClFN4O2. The van der Waals surface area contributed by atoms with Gasteiger partial charge in [-0.1, -0.05) is 35.9 Å². The number of fused-ring (bicyclic) bond motifs is 2. The van der Waals surface area contributed by atoms with Gasteiger partial charge in [0, 0.05) is 64.3 Å². The summed E-state index contributed by atoms with van der Waals surface area (Å²) in [7, 11) is 0. The number of H-pyrrole nitrogens is 2. The molecule has 4 N–H and O–H groups in total. The predicted octanol–water partition coefficient (Wildman–Crippen LogP) is 6.16. The van der Waals surface area contributed by atoms with E-state index in [4.69, 9.17) is 16.8 Å². The highest BCUT2D eigenvalue weighted by molar-refractivity contribution is 6.31. The normalized spacial score (nSPS) is 15.2. The first kappa shape index (κ1) is 25.3. The Morgan fingerprint density at radius 3 is 2.86 bits per heavy atom. The number of nitrogens with one attached hydrogen (secondary N) is 3. The van der Waals surface area contributed by atoms with Crippen LogP contribution in [0.4, 0.5) is 4.39 Å². The van der Waals surface area contributed by atoms with E-state index >= 15 is 0 Å². The Morgan fingerprint density at radius 2 is 2.11 bits per heavy atom. The third kappa shape index (κ3) is 5.21. The number of aromatic amines is 2. The molecule has 1 aliphatic rings. The Bertz CT molecular complexity index is 1490. The maximum Gasteiger partial charge on any atom is 0.267 e. The molecule has 2 aromatic carbocycles. The monoisotopic (exact) mass is 520 g/mol. The van der Waals surface area contributed by atoms with E-state index in [9.17, 15) is 9.18 Å². The molecule has 2 aromatic heterocycles. The Labute approximate surface area is 220 Å². The lowest BCUT2D eigenvalue weighted by molar-refractivity contribution is -0.124. The molecule has 1 aliphatic carbocycles. The summed E-state index contributed by atoms with van der Waals surface area (Å²) >= 11 is 6.17. The number of rotatable bonds is 8. The number of hydroxylamine groups is 1. The fourth-order valence-electron chi connectivity index (χ4n) is 5.43. The summed E-state index contributed by atoms with van der Waals surface area (Å²) in [5.74, 6) is -0.730. The molecule has 1 atom stereocenters.